The maximum absolute atomic E-state index is 11.5. The van der Waals surface area contributed by atoms with E-state index in [1.165, 1.54) is 14.2 Å². The molecule has 1 atom stereocenters. The third kappa shape index (κ3) is 3.33. The van der Waals surface area contributed by atoms with Crippen LogP contribution in [0.3, 0.4) is 0 Å². The third-order valence-electron chi connectivity index (χ3n) is 2.20. The highest BCUT2D eigenvalue weighted by Gasteiger charge is 2.14. The van der Waals surface area contributed by atoms with Gasteiger partial charge in [0, 0.05) is 6.07 Å². The number of hydrogen-bond acceptors (Lipinski definition) is 5. The number of anilines is 1. The van der Waals surface area contributed by atoms with E-state index in [9.17, 15) is 4.79 Å². The minimum Gasteiger partial charge on any atom is -0.497 e. The molecule has 94 valence electrons. The summed E-state index contributed by atoms with van der Waals surface area (Å²) in [6.45, 7) is -0.419. The van der Waals surface area contributed by atoms with Gasteiger partial charge in [0.05, 0.1) is 26.5 Å². The van der Waals surface area contributed by atoms with Crippen LogP contribution in [0, 0.1) is 0 Å². The van der Waals surface area contributed by atoms with Gasteiger partial charge in [0.1, 0.15) is 17.5 Å². The number of hydrogen-bond donors (Lipinski definition) is 3. The summed E-state index contributed by atoms with van der Waals surface area (Å²) >= 11 is 0. The number of aliphatic hydroxyl groups excluding tert-OH is 1. The Morgan fingerprint density at radius 3 is 2.71 bits per heavy atom. The minimum absolute atomic E-state index is 0.419. The topological polar surface area (TPSA) is 93.8 Å². The number of amides is 1. The van der Waals surface area contributed by atoms with E-state index < -0.39 is 18.6 Å². The van der Waals surface area contributed by atoms with E-state index in [-0.39, 0.29) is 0 Å². The van der Waals surface area contributed by atoms with Crippen molar-refractivity contribution in [2.24, 2.45) is 5.73 Å². The highest BCUT2D eigenvalue weighted by Crippen LogP contribution is 2.28. The second kappa shape index (κ2) is 6.07. The maximum atomic E-state index is 11.5. The van der Waals surface area contributed by atoms with Gasteiger partial charge in [-0.05, 0) is 12.1 Å². The van der Waals surface area contributed by atoms with Gasteiger partial charge >= 0.3 is 0 Å². The number of rotatable bonds is 5. The number of methoxy groups -OCH3 is 2. The number of nitrogens with two attached hydrogens (primary N) is 1. The lowest BCUT2D eigenvalue weighted by Crippen LogP contribution is -2.38. The van der Waals surface area contributed by atoms with Crippen LogP contribution >= 0.6 is 0 Å². The van der Waals surface area contributed by atoms with Gasteiger partial charge in [-0.2, -0.15) is 0 Å². The highest BCUT2D eigenvalue weighted by atomic mass is 16.5. The van der Waals surface area contributed by atoms with Gasteiger partial charge in [-0.1, -0.05) is 0 Å². The molecule has 1 unspecified atom stereocenters. The van der Waals surface area contributed by atoms with Crippen LogP contribution < -0.4 is 20.5 Å². The van der Waals surface area contributed by atoms with Crippen LogP contribution in [-0.2, 0) is 4.79 Å². The van der Waals surface area contributed by atoms with Crippen molar-refractivity contribution in [2.75, 3.05) is 26.1 Å². The normalized spacial score (nSPS) is 11.8. The molecule has 6 nitrogen and oxygen atoms in total. The molecule has 0 heterocycles. The summed E-state index contributed by atoms with van der Waals surface area (Å²) in [7, 11) is 3.01. The van der Waals surface area contributed by atoms with Crippen LogP contribution in [0.25, 0.3) is 0 Å². The van der Waals surface area contributed by atoms with E-state index in [1.54, 1.807) is 18.2 Å². The monoisotopic (exact) mass is 240 g/mol. The number of aliphatic hydroxyl groups is 1. The van der Waals surface area contributed by atoms with E-state index in [1.807, 2.05) is 0 Å². The Labute approximate surface area is 99.3 Å². The van der Waals surface area contributed by atoms with Gasteiger partial charge in [0.2, 0.25) is 5.91 Å². The molecule has 0 aliphatic heterocycles. The standard InChI is InChI=1S/C11H16N2O4/c1-16-7-3-4-10(17-2)9(5-7)13-11(15)8(12)6-14/h3-5,8,14H,6,12H2,1-2H3,(H,13,15). The molecule has 0 spiro atoms. The Kier molecular flexibility index (Phi) is 4.74. The van der Waals surface area contributed by atoms with Crippen molar-refractivity contribution in [1.29, 1.82) is 0 Å². The molecule has 6 heteroatoms. The number of carbonyl (C=O) groups excluding carboxylic acids is 1. The Bertz CT molecular complexity index is 395. The smallest absolute Gasteiger partial charge is 0.243 e. The fourth-order valence-electron chi connectivity index (χ4n) is 1.22. The molecule has 1 amide bonds. The zero-order chi connectivity index (χ0) is 12.8. The second-order valence-electron chi connectivity index (χ2n) is 3.34. The van der Waals surface area contributed by atoms with Gasteiger partial charge < -0.3 is 25.6 Å². The van der Waals surface area contributed by atoms with Crippen LogP contribution in [0.5, 0.6) is 11.5 Å². The molecule has 1 aromatic rings. The van der Waals surface area contributed by atoms with Gasteiger partial charge in [0.25, 0.3) is 0 Å². The molecular weight excluding hydrogens is 224 g/mol. The molecule has 0 saturated heterocycles. The Morgan fingerprint density at radius 1 is 1.47 bits per heavy atom. The Hall–Kier alpha value is -1.79. The van der Waals surface area contributed by atoms with Crippen LogP contribution in [0.2, 0.25) is 0 Å². The van der Waals surface area contributed by atoms with Crippen LogP contribution in [0.1, 0.15) is 0 Å². The summed E-state index contributed by atoms with van der Waals surface area (Å²) in [4.78, 5) is 11.5. The van der Waals surface area contributed by atoms with Crippen molar-refractivity contribution in [2.45, 2.75) is 6.04 Å². The SMILES string of the molecule is COc1ccc(OC)c(NC(=O)C(N)CO)c1. The molecule has 0 aromatic heterocycles. The Morgan fingerprint density at radius 2 is 2.18 bits per heavy atom. The lowest BCUT2D eigenvalue weighted by Gasteiger charge is -2.13. The van der Waals surface area contributed by atoms with Gasteiger partial charge in [-0.15, -0.1) is 0 Å². The summed E-state index contributed by atoms with van der Waals surface area (Å²) in [5, 5.41) is 11.3. The number of carbonyl (C=O) groups is 1. The molecule has 0 saturated carbocycles. The molecule has 1 aromatic carbocycles. The average molecular weight is 240 g/mol. The van der Waals surface area contributed by atoms with Crippen molar-refractivity contribution in [3.63, 3.8) is 0 Å². The lowest BCUT2D eigenvalue weighted by atomic mass is 10.2. The zero-order valence-corrected chi connectivity index (χ0v) is 9.77. The molecule has 0 bridgehead atoms. The van der Waals surface area contributed by atoms with Gasteiger partial charge in [0.15, 0.2) is 0 Å². The summed E-state index contributed by atoms with van der Waals surface area (Å²) in [6.07, 6.45) is 0. The first-order valence-electron chi connectivity index (χ1n) is 5.01. The molecular formula is C11H16N2O4. The largest absolute Gasteiger partial charge is 0.497 e. The van der Waals surface area contributed by atoms with Crippen molar-refractivity contribution < 1.29 is 19.4 Å². The minimum atomic E-state index is -0.967. The van der Waals surface area contributed by atoms with E-state index in [0.717, 1.165) is 0 Å². The first kappa shape index (κ1) is 13.3. The number of benzene rings is 1. The predicted molar refractivity (Wildman–Crippen MR) is 63.2 cm³/mol. The third-order valence-corrected chi connectivity index (χ3v) is 2.20. The van der Waals surface area contributed by atoms with Crippen LogP contribution in [-0.4, -0.2) is 37.9 Å². The quantitative estimate of drug-likeness (QED) is 0.671. The van der Waals surface area contributed by atoms with E-state index in [0.29, 0.717) is 17.2 Å². The Balaban J connectivity index is 2.91. The second-order valence-corrected chi connectivity index (χ2v) is 3.34. The van der Waals surface area contributed by atoms with E-state index in [2.05, 4.69) is 5.32 Å². The van der Waals surface area contributed by atoms with Crippen molar-refractivity contribution >= 4 is 11.6 Å². The maximum Gasteiger partial charge on any atom is 0.243 e. The fraction of sp³-hybridized carbons (Fsp3) is 0.364. The molecule has 0 aliphatic carbocycles. The summed E-state index contributed by atoms with van der Waals surface area (Å²) < 4.78 is 10.1. The molecule has 0 radical (unpaired) electrons. The molecule has 0 fully saturated rings. The number of ether oxygens (including phenoxy) is 2. The van der Waals surface area contributed by atoms with Crippen LogP contribution in [0.4, 0.5) is 5.69 Å². The van der Waals surface area contributed by atoms with Crippen molar-refractivity contribution in [3.8, 4) is 11.5 Å². The zero-order valence-electron chi connectivity index (χ0n) is 9.77. The lowest BCUT2D eigenvalue weighted by molar-refractivity contribution is -0.118. The van der Waals surface area contributed by atoms with Gasteiger partial charge in [-0.3, -0.25) is 4.79 Å². The molecule has 17 heavy (non-hydrogen) atoms. The van der Waals surface area contributed by atoms with Crippen molar-refractivity contribution in [1.82, 2.24) is 0 Å². The summed E-state index contributed by atoms with van der Waals surface area (Å²) in [5.41, 5.74) is 5.84. The summed E-state index contributed by atoms with van der Waals surface area (Å²) in [5.74, 6) is 0.585. The molecule has 1 rings (SSSR count). The highest BCUT2D eigenvalue weighted by molar-refractivity contribution is 5.96. The predicted octanol–water partition coefficient (Wildman–Crippen LogP) is -0.0381. The first-order valence-corrected chi connectivity index (χ1v) is 5.01. The molecule has 4 N–H and O–H groups in total. The fourth-order valence-corrected chi connectivity index (χ4v) is 1.22. The van der Waals surface area contributed by atoms with Crippen LogP contribution in [0.15, 0.2) is 18.2 Å². The first-order chi connectivity index (χ1) is 8.12. The van der Waals surface area contributed by atoms with Gasteiger partial charge in [-0.25, -0.2) is 0 Å². The summed E-state index contributed by atoms with van der Waals surface area (Å²) in [6, 6.07) is 4.02. The van der Waals surface area contributed by atoms with E-state index >= 15 is 0 Å². The van der Waals surface area contributed by atoms with Crippen molar-refractivity contribution in [3.05, 3.63) is 18.2 Å². The molecule has 0 aliphatic rings. The van der Waals surface area contributed by atoms with E-state index in [4.69, 9.17) is 20.3 Å². The number of nitrogens with one attached hydrogen (secondary N) is 1. The average Bonchev–Trinajstić information content (AvgIpc) is 2.37.